The van der Waals surface area contributed by atoms with E-state index in [-0.39, 0.29) is 17.4 Å². The molecule has 0 saturated heterocycles. The van der Waals surface area contributed by atoms with E-state index in [4.69, 9.17) is 5.73 Å². The van der Waals surface area contributed by atoms with Gasteiger partial charge in [-0.05, 0) is 42.4 Å². The molecule has 1 aromatic carbocycles. The molecule has 0 aliphatic heterocycles. The standard InChI is InChI=1S/C22H27N3O3S.C2H6O/c1-4-18(14-24-19-8-9-20(26)21(27)13-19)7-5-16(2)6-10-22(28)25-17(3)15-29-12-11-23;1-3-2/h4-13,15,24,26-27H,1,14,23H2,2-3H3,(H,25,28);1-2H3/b10-6+,12-11+,16-5+,17-15+,18-7+;. The molecule has 0 unspecified atom stereocenters. The van der Waals surface area contributed by atoms with E-state index < -0.39 is 0 Å². The number of amides is 1. The summed E-state index contributed by atoms with van der Waals surface area (Å²) in [5.41, 5.74) is 8.46. The average molecular weight is 460 g/mol. The van der Waals surface area contributed by atoms with Crippen LogP contribution >= 0.6 is 11.8 Å². The van der Waals surface area contributed by atoms with Crippen molar-refractivity contribution < 1.29 is 19.7 Å². The minimum atomic E-state index is -0.217. The SMILES string of the molecule is C=C\C(=C/C=C(C)/C=C/C(=O)N/C(C)=C/S/C=C/N)CNc1ccc(O)c(O)c1.COC. The number of nitrogens with two attached hydrogens (primary N) is 1. The third-order valence-electron chi connectivity index (χ3n) is 3.51. The Morgan fingerprint density at radius 2 is 1.88 bits per heavy atom. The van der Waals surface area contributed by atoms with Gasteiger partial charge in [0, 0.05) is 50.5 Å². The van der Waals surface area contributed by atoms with Crippen LogP contribution < -0.4 is 16.4 Å². The van der Waals surface area contributed by atoms with Gasteiger partial charge < -0.3 is 31.3 Å². The summed E-state index contributed by atoms with van der Waals surface area (Å²) in [6.07, 6.45) is 10.1. The number of carbonyl (C=O) groups is 1. The van der Waals surface area contributed by atoms with Crippen LogP contribution in [0.15, 0.2) is 89.0 Å². The molecule has 1 aromatic rings. The van der Waals surface area contributed by atoms with Crippen LogP contribution in [0.4, 0.5) is 5.69 Å². The molecule has 0 atom stereocenters. The molecule has 7 nitrogen and oxygen atoms in total. The normalized spacial score (nSPS) is 12.4. The highest BCUT2D eigenvalue weighted by molar-refractivity contribution is 8.04. The van der Waals surface area contributed by atoms with Crippen molar-refractivity contribution in [1.82, 2.24) is 5.32 Å². The largest absolute Gasteiger partial charge is 0.504 e. The van der Waals surface area contributed by atoms with Gasteiger partial charge in [0.15, 0.2) is 11.5 Å². The van der Waals surface area contributed by atoms with E-state index >= 15 is 0 Å². The molecule has 32 heavy (non-hydrogen) atoms. The van der Waals surface area contributed by atoms with Gasteiger partial charge in [-0.3, -0.25) is 4.79 Å². The smallest absolute Gasteiger partial charge is 0.248 e. The topological polar surface area (TPSA) is 117 Å². The molecular formula is C24H33N3O4S. The summed E-state index contributed by atoms with van der Waals surface area (Å²) in [7, 11) is 3.25. The number of rotatable bonds is 10. The summed E-state index contributed by atoms with van der Waals surface area (Å²) in [6, 6.07) is 4.53. The minimum Gasteiger partial charge on any atom is -0.504 e. The maximum absolute atomic E-state index is 11.9. The van der Waals surface area contributed by atoms with Gasteiger partial charge in [-0.1, -0.05) is 36.5 Å². The fourth-order valence-electron chi connectivity index (χ4n) is 1.99. The number of phenols is 2. The van der Waals surface area contributed by atoms with Crippen molar-refractivity contribution in [3.05, 3.63) is 89.0 Å². The molecule has 1 rings (SSSR count). The first-order valence-corrected chi connectivity index (χ1v) is 10.6. The number of ether oxygens (including phenoxy) is 1. The zero-order chi connectivity index (χ0) is 24.4. The van der Waals surface area contributed by atoms with Crippen LogP contribution in [0.1, 0.15) is 13.8 Å². The maximum Gasteiger partial charge on any atom is 0.248 e. The predicted octanol–water partition coefficient (Wildman–Crippen LogP) is 4.53. The van der Waals surface area contributed by atoms with E-state index in [0.29, 0.717) is 12.2 Å². The Kier molecular flexibility index (Phi) is 15.5. The number of aromatic hydroxyl groups is 2. The molecule has 0 aliphatic rings. The Morgan fingerprint density at radius 1 is 1.19 bits per heavy atom. The second-order valence-electron chi connectivity index (χ2n) is 6.41. The summed E-state index contributed by atoms with van der Waals surface area (Å²) in [4.78, 5) is 11.9. The summed E-state index contributed by atoms with van der Waals surface area (Å²) in [5.74, 6) is -0.565. The number of allylic oxidation sites excluding steroid dienone is 5. The van der Waals surface area contributed by atoms with Crippen molar-refractivity contribution >= 4 is 23.4 Å². The van der Waals surface area contributed by atoms with E-state index in [9.17, 15) is 15.0 Å². The third-order valence-corrected chi connectivity index (χ3v) is 4.32. The third kappa shape index (κ3) is 13.8. The minimum absolute atomic E-state index is 0.166. The Bertz CT molecular complexity index is 887. The van der Waals surface area contributed by atoms with Crippen molar-refractivity contribution in [1.29, 1.82) is 0 Å². The number of hydrogen-bond donors (Lipinski definition) is 5. The number of carbonyl (C=O) groups excluding carboxylic acids is 1. The maximum atomic E-state index is 11.9. The highest BCUT2D eigenvalue weighted by Gasteiger charge is 2.00. The van der Waals surface area contributed by atoms with E-state index in [2.05, 4.69) is 21.9 Å². The number of benzene rings is 1. The van der Waals surface area contributed by atoms with Gasteiger partial charge in [0.25, 0.3) is 0 Å². The molecule has 0 saturated carbocycles. The van der Waals surface area contributed by atoms with Crippen LogP contribution in [-0.4, -0.2) is 36.9 Å². The van der Waals surface area contributed by atoms with E-state index in [0.717, 1.165) is 16.8 Å². The van der Waals surface area contributed by atoms with Crippen molar-refractivity contribution in [2.45, 2.75) is 13.8 Å². The van der Waals surface area contributed by atoms with Crippen molar-refractivity contribution in [2.75, 3.05) is 26.1 Å². The number of phenolic OH excluding ortho intramolecular Hbond substituents is 2. The molecule has 0 bridgehead atoms. The Morgan fingerprint density at radius 3 is 2.47 bits per heavy atom. The lowest BCUT2D eigenvalue weighted by atomic mass is 10.2. The Labute approximate surface area is 194 Å². The molecule has 174 valence electrons. The summed E-state index contributed by atoms with van der Waals surface area (Å²) < 4.78 is 4.25. The lowest BCUT2D eigenvalue weighted by molar-refractivity contribution is -0.115. The van der Waals surface area contributed by atoms with Gasteiger partial charge in [-0.2, -0.15) is 0 Å². The van der Waals surface area contributed by atoms with Gasteiger partial charge >= 0.3 is 0 Å². The van der Waals surface area contributed by atoms with E-state index in [1.807, 2.05) is 19.1 Å². The molecule has 0 heterocycles. The van der Waals surface area contributed by atoms with Crippen LogP contribution in [0.25, 0.3) is 0 Å². The van der Waals surface area contributed by atoms with Crippen LogP contribution in [0.2, 0.25) is 0 Å². The van der Waals surface area contributed by atoms with Gasteiger partial charge in [0.05, 0.1) is 0 Å². The zero-order valence-electron chi connectivity index (χ0n) is 19.0. The second kappa shape index (κ2) is 17.3. The molecule has 0 spiro atoms. The van der Waals surface area contributed by atoms with Gasteiger partial charge in [0.2, 0.25) is 5.91 Å². The molecule has 1 amide bonds. The molecule has 0 aliphatic carbocycles. The van der Waals surface area contributed by atoms with Gasteiger partial charge in [0.1, 0.15) is 0 Å². The van der Waals surface area contributed by atoms with Crippen molar-refractivity contribution in [3.8, 4) is 11.5 Å². The highest BCUT2D eigenvalue weighted by atomic mass is 32.2. The quantitative estimate of drug-likeness (QED) is 0.151. The fourth-order valence-corrected chi connectivity index (χ4v) is 2.42. The van der Waals surface area contributed by atoms with Gasteiger partial charge in [-0.25, -0.2) is 0 Å². The molecule has 6 N–H and O–H groups in total. The Hall–Kier alpha value is -3.36. The van der Waals surface area contributed by atoms with Crippen LogP contribution in [0.5, 0.6) is 11.5 Å². The average Bonchev–Trinajstić information content (AvgIpc) is 2.75. The predicted molar refractivity (Wildman–Crippen MR) is 135 cm³/mol. The van der Waals surface area contributed by atoms with Crippen LogP contribution in [0, 0.1) is 0 Å². The zero-order valence-corrected chi connectivity index (χ0v) is 19.8. The number of thioether (sulfide) groups is 1. The molecule has 0 aromatic heterocycles. The number of hydrogen-bond acceptors (Lipinski definition) is 7. The monoisotopic (exact) mass is 459 g/mol. The summed E-state index contributed by atoms with van der Waals surface area (Å²) in [5, 5.41) is 28.2. The first-order valence-electron chi connectivity index (χ1n) is 9.61. The van der Waals surface area contributed by atoms with Crippen molar-refractivity contribution in [2.24, 2.45) is 5.73 Å². The molecule has 8 heteroatoms. The fraction of sp³-hybridized carbons (Fsp3) is 0.208. The van der Waals surface area contributed by atoms with Crippen LogP contribution in [0.3, 0.4) is 0 Å². The summed E-state index contributed by atoms with van der Waals surface area (Å²) >= 11 is 1.38. The number of nitrogens with one attached hydrogen (secondary N) is 2. The van der Waals surface area contributed by atoms with Crippen molar-refractivity contribution in [3.63, 3.8) is 0 Å². The van der Waals surface area contributed by atoms with Gasteiger partial charge in [-0.15, -0.1) is 11.8 Å². The number of methoxy groups -OCH3 is 1. The first kappa shape index (κ1) is 28.6. The molecule has 0 fully saturated rings. The second-order valence-corrected chi connectivity index (χ2v) is 7.19. The number of anilines is 1. The lowest BCUT2D eigenvalue weighted by Crippen LogP contribution is -2.18. The van der Waals surface area contributed by atoms with Crippen LogP contribution in [-0.2, 0) is 9.53 Å². The highest BCUT2D eigenvalue weighted by Crippen LogP contribution is 2.27. The van der Waals surface area contributed by atoms with E-state index in [1.54, 1.807) is 50.2 Å². The molecule has 0 radical (unpaired) electrons. The van der Waals surface area contributed by atoms with E-state index in [1.165, 1.54) is 36.2 Å². The first-order chi connectivity index (χ1) is 15.3. The summed E-state index contributed by atoms with van der Waals surface area (Å²) in [6.45, 7) is 7.96. The molecular weight excluding hydrogens is 426 g/mol. The Balaban J connectivity index is 0.00000302. The lowest BCUT2D eigenvalue weighted by Gasteiger charge is -2.08.